The monoisotopic (exact) mass is 1040 g/mol. The molecule has 24 nitrogen and oxygen atoms in total. The zero-order chi connectivity index (χ0) is 53.6. The summed E-state index contributed by atoms with van der Waals surface area (Å²) in [7, 11) is -4.46. The fourth-order valence-electron chi connectivity index (χ4n) is 7.18. The Morgan fingerprint density at radius 3 is 2.15 bits per heavy atom. The number of aliphatic carboxylic acids is 1. The number of nitrogens with one attached hydrogen (secondary N) is 9. The smallest absolute Gasteiger partial charge is 0.315 e. The number of benzene rings is 3. The lowest BCUT2D eigenvalue weighted by Crippen LogP contribution is -2.59. The highest BCUT2D eigenvalue weighted by Crippen LogP contribution is 2.16. The fourth-order valence-corrected chi connectivity index (χ4v) is 7.85. The van der Waals surface area contributed by atoms with Gasteiger partial charge in [-0.15, -0.1) is 0 Å². The van der Waals surface area contributed by atoms with Crippen molar-refractivity contribution in [2.75, 3.05) is 31.7 Å². The first kappa shape index (κ1) is 56.5. The Hall–Kier alpha value is -8.45. The minimum Gasteiger partial charge on any atom is -0.494 e. The minimum absolute atomic E-state index is 0.00783. The van der Waals surface area contributed by atoms with Crippen LogP contribution in [0.3, 0.4) is 0 Å². The number of carbonyl (C=O) groups is 8. The molecule has 2 heterocycles. The summed E-state index contributed by atoms with van der Waals surface area (Å²) < 4.78 is 38.4. The van der Waals surface area contributed by atoms with E-state index in [0.717, 1.165) is 5.56 Å². The van der Waals surface area contributed by atoms with Crippen molar-refractivity contribution in [3.8, 4) is 5.75 Å². The molecule has 1 saturated heterocycles. The van der Waals surface area contributed by atoms with Crippen LogP contribution in [0, 0.1) is 5.92 Å². The molecule has 1 aliphatic heterocycles. The quantitative estimate of drug-likeness (QED) is 0.0240. The Bertz CT molecular complexity index is 2750. The summed E-state index contributed by atoms with van der Waals surface area (Å²) in [5, 5.41) is 34.3. The van der Waals surface area contributed by atoms with Gasteiger partial charge in [-0.3, -0.25) is 43.5 Å². The molecule has 1 unspecified atom stereocenters. The van der Waals surface area contributed by atoms with E-state index in [4.69, 9.17) is 4.74 Å². The van der Waals surface area contributed by atoms with Crippen LogP contribution in [0.15, 0.2) is 107 Å². The summed E-state index contributed by atoms with van der Waals surface area (Å²) in [6, 6.07) is 18.5. The van der Waals surface area contributed by atoms with E-state index in [1.54, 1.807) is 44.2 Å². The van der Waals surface area contributed by atoms with Gasteiger partial charge in [0.2, 0.25) is 29.5 Å². The number of carbonyl (C=O) groups excluding carboxylic acids is 7. The molecule has 0 aliphatic carbocycles. The topological polar surface area (TPSA) is 354 Å². The molecule has 0 radical (unpaired) electrons. The van der Waals surface area contributed by atoms with Gasteiger partial charge in [0.1, 0.15) is 40.6 Å². The summed E-state index contributed by atoms with van der Waals surface area (Å²) in [5.74, 6) is -5.91. The zero-order valence-electron chi connectivity index (χ0n) is 40.5. The minimum atomic E-state index is -4.46. The maximum atomic E-state index is 14.0. The molecule has 74 heavy (non-hydrogen) atoms. The van der Waals surface area contributed by atoms with Crippen molar-refractivity contribution < 1.29 is 61.2 Å². The maximum absolute atomic E-state index is 14.0. The lowest BCUT2D eigenvalue weighted by molar-refractivity contribution is -0.141. The van der Waals surface area contributed by atoms with Crippen molar-refractivity contribution in [2.45, 2.75) is 81.6 Å². The predicted molar refractivity (Wildman–Crippen MR) is 268 cm³/mol. The first-order valence-corrected chi connectivity index (χ1v) is 24.9. The number of anilines is 1. The van der Waals surface area contributed by atoms with Gasteiger partial charge in [-0.2, -0.15) is 13.5 Å². The summed E-state index contributed by atoms with van der Waals surface area (Å²) >= 11 is 0. The summed E-state index contributed by atoms with van der Waals surface area (Å²) in [6.07, 6.45) is 2.14. The van der Waals surface area contributed by atoms with Crippen LogP contribution in [0.2, 0.25) is 0 Å². The van der Waals surface area contributed by atoms with Crippen molar-refractivity contribution in [3.63, 3.8) is 0 Å². The van der Waals surface area contributed by atoms with Crippen LogP contribution in [-0.2, 0) is 51.9 Å². The Morgan fingerprint density at radius 1 is 0.770 bits per heavy atom. The Kier molecular flexibility index (Phi) is 21.3. The molecule has 8 amide bonds. The van der Waals surface area contributed by atoms with E-state index in [2.05, 4.69) is 58.0 Å². The molecule has 4 atom stereocenters. The number of carboxylic acid groups (broad SMARTS) is 1. The van der Waals surface area contributed by atoms with Crippen molar-refractivity contribution in [2.24, 2.45) is 11.0 Å². The molecular formula is C49H59N11O13S. The summed E-state index contributed by atoms with van der Waals surface area (Å²) in [6.45, 7) is 3.48. The molecule has 394 valence electrons. The van der Waals surface area contributed by atoms with Crippen LogP contribution in [0.5, 0.6) is 5.75 Å². The molecule has 1 aliphatic rings. The largest absolute Gasteiger partial charge is 0.494 e. The Labute approximate surface area is 426 Å². The highest BCUT2D eigenvalue weighted by molar-refractivity contribution is 7.86. The van der Waals surface area contributed by atoms with Crippen molar-refractivity contribution in [1.29, 1.82) is 0 Å². The molecule has 25 heteroatoms. The molecule has 5 rings (SSSR count). The van der Waals surface area contributed by atoms with Gasteiger partial charge in [0.25, 0.3) is 16.0 Å². The highest BCUT2D eigenvalue weighted by atomic mass is 32.2. The summed E-state index contributed by atoms with van der Waals surface area (Å²) in [4.78, 5) is 109. The number of rotatable bonds is 21. The Balaban J connectivity index is 1.15. The van der Waals surface area contributed by atoms with Crippen LogP contribution < -0.4 is 52.7 Å². The van der Waals surface area contributed by atoms with Crippen LogP contribution in [0.1, 0.15) is 66.6 Å². The van der Waals surface area contributed by atoms with E-state index < -0.39 is 101 Å². The van der Waals surface area contributed by atoms with Gasteiger partial charge >= 0.3 is 12.0 Å². The van der Waals surface area contributed by atoms with Gasteiger partial charge in [-0.1, -0.05) is 74.5 Å². The molecule has 0 saturated carbocycles. The second-order valence-electron chi connectivity index (χ2n) is 17.1. The van der Waals surface area contributed by atoms with Gasteiger partial charge in [-0.05, 0) is 66.6 Å². The maximum Gasteiger partial charge on any atom is 0.315 e. The van der Waals surface area contributed by atoms with Crippen LogP contribution >= 0.6 is 0 Å². The lowest BCUT2D eigenvalue weighted by Gasteiger charge is -2.27. The molecule has 4 aromatic rings. The standard InChI is InChI=1S/C49H59N11O13S/c1-30(2)43-48(68)58-37(47(67)57-38(25-42(62)63)45(65)53-29-41(61)56-36(46(66)59-43)13-8-21-51-49(69)54-26-32-10-4-3-5-11-32)24-31-15-18-35(19-16-31)73-23-9-22-50-44(64)34-17-20-40(52-27-34)60-55-28-33-12-6-7-14-39(33)74(70,71)72/h3-7,10-12,14-20,27-28,30,36-38,43H,8-9,13,21-26,29H2,1-2H3,(H,50,64)(H,52,60)(H,53,65)(H,56,61)(H,57,67)(H,58,68)(H,59,66)(H,62,63)(H2,51,54,69)(H,70,71,72)/t36?,37-,38-,43-/m1/s1. The molecule has 0 spiro atoms. The third-order valence-corrected chi connectivity index (χ3v) is 12.0. The number of amides is 8. The lowest BCUT2D eigenvalue weighted by atomic mass is 9.99. The second-order valence-corrected chi connectivity index (χ2v) is 18.5. The van der Waals surface area contributed by atoms with E-state index in [1.807, 2.05) is 30.3 Å². The first-order valence-electron chi connectivity index (χ1n) is 23.4. The molecule has 11 N–H and O–H groups in total. The molecule has 1 fully saturated rings. The van der Waals surface area contributed by atoms with E-state index in [0.29, 0.717) is 17.7 Å². The normalized spacial score (nSPS) is 17.8. The van der Waals surface area contributed by atoms with Crippen molar-refractivity contribution in [3.05, 3.63) is 119 Å². The molecule has 1 aromatic heterocycles. The fraction of sp³-hybridized carbons (Fsp3) is 0.347. The van der Waals surface area contributed by atoms with Gasteiger partial charge in [0, 0.05) is 37.8 Å². The summed E-state index contributed by atoms with van der Waals surface area (Å²) in [5.41, 5.74) is 4.44. The average molecular weight is 1040 g/mol. The van der Waals surface area contributed by atoms with Gasteiger partial charge < -0.3 is 52.4 Å². The molecule has 3 aromatic carbocycles. The van der Waals surface area contributed by atoms with Crippen molar-refractivity contribution in [1.82, 2.24) is 47.5 Å². The van der Waals surface area contributed by atoms with Crippen molar-refractivity contribution >= 4 is 69.6 Å². The van der Waals surface area contributed by atoms with Gasteiger partial charge in [-0.25, -0.2) is 9.78 Å². The first-order chi connectivity index (χ1) is 35.4. The second kappa shape index (κ2) is 28.0. The number of nitrogens with zero attached hydrogens (tertiary/aromatic N) is 2. The van der Waals surface area contributed by atoms with Crippen LogP contribution in [0.4, 0.5) is 10.6 Å². The number of hydrazone groups is 1. The van der Waals surface area contributed by atoms with Gasteiger partial charge in [0.15, 0.2) is 0 Å². The highest BCUT2D eigenvalue weighted by Gasteiger charge is 2.34. The number of hydrogen-bond acceptors (Lipinski definition) is 14. The van der Waals surface area contributed by atoms with Gasteiger partial charge in [0.05, 0.1) is 31.4 Å². The predicted octanol–water partition coefficient (Wildman–Crippen LogP) is 0.995. The zero-order valence-corrected chi connectivity index (χ0v) is 41.3. The number of urea groups is 1. The third-order valence-electron chi connectivity index (χ3n) is 11.1. The number of hydrogen-bond donors (Lipinski definition) is 11. The van der Waals surface area contributed by atoms with Crippen LogP contribution in [-0.4, -0.2) is 127 Å². The number of aromatic nitrogens is 1. The molecule has 0 bridgehead atoms. The van der Waals surface area contributed by atoms with E-state index in [9.17, 15) is 56.4 Å². The SMILES string of the molecule is CC(C)[C@H]1NC(=O)C(CCCNC(=O)NCc2ccccc2)NC(=O)CNC(=O)[C@@H](CC(=O)O)NC(=O)[C@@H](Cc2ccc(OCCCNC(=O)c3ccc(NN=Cc4ccccc4S(=O)(=O)O)nc3)cc2)NC1=O. The van der Waals surface area contributed by atoms with E-state index in [-0.39, 0.29) is 67.3 Å². The van der Waals surface area contributed by atoms with E-state index in [1.165, 1.54) is 42.7 Å². The number of carboxylic acids is 1. The van der Waals surface area contributed by atoms with E-state index >= 15 is 0 Å². The number of pyridine rings is 1. The van der Waals surface area contributed by atoms with Crippen LogP contribution in [0.25, 0.3) is 0 Å². The number of ether oxygens (including phenoxy) is 1. The Morgan fingerprint density at radius 2 is 1.46 bits per heavy atom. The third kappa shape index (κ3) is 18.6. The molecular weight excluding hydrogens is 983 g/mol. The average Bonchev–Trinajstić information content (AvgIpc) is 3.37.